The van der Waals surface area contributed by atoms with E-state index in [-0.39, 0.29) is 37.2 Å². The monoisotopic (exact) mass is 565 g/mol. The third kappa shape index (κ3) is 5.97. The van der Waals surface area contributed by atoms with E-state index in [0.717, 1.165) is 5.56 Å². The number of likely N-dealkylation sites (tertiary alicyclic amines) is 2. The lowest BCUT2D eigenvalue weighted by Crippen LogP contribution is -2.57. The van der Waals surface area contributed by atoms with Crippen molar-refractivity contribution in [1.29, 1.82) is 0 Å². The minimum atomic E-state index is -4.77. The van der Waals surface area contributed by atoms with Crippen molar-refractivity contribution in [1.82, 2.24) is 15.1 Å². The molecule has 0 bridgehead atoms. The van der Waals surface area contributed by atoms with Gasteiger partial charge in [-0.05, 0) is 60.1 Å². The Bertz CT molecular complexity index is 1290. The number of likely N-dealkylation sites (N-methyl/N-ethyl adjacent to an activating group) is 1. The molecule has 2 aromatic carbocycles. The number of alkyl halides is 3. The van der Waals surface area contributed by atoms with Gasteiger partial charge in [-0.25, -0.2) is 8.78 Å². The van der Waals surface area contributed by atoms with Gasteiger partial charge in [-0.2, -0.15) is 13.2 Å². The minimum Gasteiger partial charge on any atom is -0.345 e. The summed E-state index contributed by atoms with van der Waals surface area (Å²) >= 11 is 0. The Morgan fingerprint density at radius 2 is 1.73 bits per heavy atom. The molecule has 4 rings (SSSR count). The van der Waals surface area contributed by atoms with Crippen LogP contribution in [0, 0.1) is 23.0 Å². The molecule has 1 unspecified atom stereocenters. The first kappa shape index (κ1) is 29.5. The van der Waals surface area contributed by atoms with Crippen molar-refractivity contribution >= 4 is 17.7 Å². The summed E-state index contributed by atoms with van der Waals surface area (Å²) in [6, 6.07) is 6.77. The molecule has 216 valence electrons. The molecular weight excluding hydrogens is 533 g/mol. The summed E-state index contributed by atoms with van der Waals surface area (Å²) < 4.78 is 67.7. The van der Waals surface area contributed by atoms with E-state index in [1.807, 2.05) is 6.07 Å². The standard InChI is InChI=1S/C29H32F5N3O3/c1-17(2)25(35-26(39)21-14-19(29(32,33)34)7-8-23(21)31)27(40)37-11-9-28(10-12-37)15-24(38)36(3)16-22(28)18-5-4-6-20(30)13-18/h4-8,13-14,17,22,25H,9-12,15-16H2,1-3H3,(H,35,39)/t22?,25-/m1/s1. The number of carbonyl (C=O) groups excluding carboxylic acids is 3. The Labute approximate surface area is 229 Å². The number of rotatable bonds is 5. The third-order valence-electron chi connectivity index (χ3n) is 8.20. The normalized spacial score (nSPS) is 20.1. The van der Waals surface area contributed by atoms with Crippen LogP contribution < -0.4 is 5.32 Å². The maximum absolute atomic E-state index is 14.3. The lowest BCUT2D eigenvalue weighted by molar-refractivity contribution is -0.143. The Balaban J connectivity index is 1.51. The number of carbonyl (C=O) groups is 3. The van der Waals surface area contributed by atoms with Crippen molar-refractivity contribution in [2.24, 2.45) is 11.3 Å². The fourth-order valence-corrected chi connectivity index (χ4v) is 5.81. The van der Waals surface area contributed by atoms with Crippen LogP contribution in [0.2, 0.25) is 0 Å². The summed E-state index contributed by atoms with van der Waals surface area (Å²) in [5.41, 5.74) is -1.66. The summed E-state index contributed by atoms with van der Waals surface area (Å²) in [5.74, 6) is -3.65. The molecule has 2 aromatic rings. The van der Waals surface area contributed by atoms with Gasteiger partial charge in [0.1, 0.15) is 17.7 Å². The van der Waals surface area contributed by atoms with Crippen molar-refractivity contribution in [3.05, 3.63) is 70.8 Å². The van der Waals surface area contributed by atoms with Crippen LogP contribution >= 0.6 is 0 Å². The van der Waals surface area contributed by atoms with Crippen molar-refractivity contribution < 1.29 is 36.3 Å². The maximum Gasteiger partial charge on any atom is 0.416 e. The Morgan fingerprint density at radius 3 is 2.33 bits per heavy atom. The van der Waals surface area contributed by atoms with Crippen LogP contribution in [0.1, 0.15) is 60.5 Å². The average molecular weight is 566 g/mol. The molecule has 40 heavy (non-hydrogen) atoms. The largest absolute Gasteiger partial charge is 0.416 e. The van der Waals surface area contributed by atoms with E-state index in [4.69, 9.17) is 0 Å². The lowest BCUT2D eigenvalue weighted by atomic mass is 9.62. The van der Waals surface area contributed by atoms with E-state index >= 15 is 0 Å². The van der Waals surface area contributed by atoms with E-state index < -0.39 is 52.3 Å². The SMILES string of the molecule is CC(C)[C@@H](NC(=O)c1cc(C(F)(F)F)ccc1F)C(=O)N1CCC2(CC1)CC(=O)N(C)CC2c1cccc(F)c1. The fraction of sp³-hybridized carbons (Fsp3) is 0.483. The number of piperidine rings is 2. The minimum absolute atomic E-state index is 0.0251. The van der Waals surface area contributed by atoms with Gasteiger partial charge in [0, 0.05) is 39.0 Å². The van der Waals surface area contributed by atoms with Crippen LogP contribution in [-0.2, 0) is 15.8 Å². The number of nitrogens with one attached hydrogen (secondary N) is 1. The smallest absolute Gasteiger partial charge is 0.345 e. The molecule has 2 saturated heterocycles. The quantitative estimate of drug-likeness (QED) is 0.520. The molecule has 0 aliphatic carbocycles. The highest BCUT2D eigenvalue weighted by atomic mass is 19.4. The molecule has 2 fully saturated rings. The van der Waals surface area contributed by atoms with Gasteiger partial charge in [0.15, 0.2) is 0 Å². The van der Waals surface area contributed by atoms with Gasteiger partial charge < -0.3 is 15.1 Å². The molecule has 0 saturated carbocycles. The number of hydrogen-bond donors (Lipinski definition) is 1. The van der Waals surface area contributed by atoms with Gasteiger partial charge in [-0.15, -0.1) is 0 Å². The first-order chi connectivity index (χ1) is 18.7. The Morgan fingerprint density at radius 1 is 1.05 bits per heavy atom. The molecule has 0 aromatic heterocycles. The van der Waals surface area contributed by atoms with Crippen LogP contribution in [0.3, 0.4) is 0 Å². The molecule has 6 nitrogen and oxygen atoms in total. The number of halogens is 5. The van der Waals surface area contributed by atoms with Gasteiger partial charge >= 0.3 is 6.18 Å². The van der Waals surface area contributed by atoms with Crippen LogP contribution in [0.4, 0.5) is 22.0 Å². The number of amides is 3. The predicted octanol–water partition coefficient (Wildman–Crippen LogP) is 4.99. The first-order valence-electron chi connectivity index (χ1n) is 13.2. The van der Waals surface area contributed by atoms with Crippen LogP contribution in [0.5, 0.6) is 0 Å². The molecule has 1 N–H and O–H groups in total. The van der Waals surface area contributed by atoms with Crippen molar-refractivity contribution in [3.63, 3.8) is 0 Å². The fourth-order valence-electron chi connectivity index (χ4n) is 5.81. The highest BCUT2D eigenvalue weighted by Gasteiger charge is 2.49. The van der Waals surface area contributed by atoms with E-state index in [9.17, 15) is 36.3 Å². The van der Waals surface area contributed by atoms with Crippen molar-refractivity contribution in [2.75, 3.05) is 26.7 Å². The molecule has 2 atom stereocenters. The van der Waals surface area contributed by atoms with Gasteiger partial charge in [-0.1, -0.05) is 26.0 Å². The van der Waals surface area contributed by atoms with Gasteiger partial charge in [0.25, 0.3) is 5.91 Å². The summed E-state index contributed by atoms with van der Waals surface area (Å²) in [6.07, 6.45) is -3.56. The number of nitrogens with zero attached hydrogens (tertiary/aromatic N) is 2. The molecule has 2 aliphatic heterocycles. The van der Waals surface area contributed by atoms with Crippen molar-refractivity contribution in [3.8, 4) is 0 Å². The molecular formula is C29H32F5N3O3. The van der Waals surface area contributed by atoms with Crippen LogP contribution in [0.25, 0.3) is 0 Å². The Hall–Kier alpha value is -3.50. The summed E-state index contributed by atoms with van der Waals surface area (Å²) in [4.78, 5) is 42.2. The molecule has 2 aliphatic rings. The van der Waals surface area contributed by atoms with E-state index in [0.29, 0.717) is 37.6 Å². The predicted molar refractivity (Wildman–Crippen MR) is 137 cm³/mol. The maximum atomic E-state index is 14.3. The summed E-state index contributed by atoms with van der Waals surface area (Å²) in [5, 5.41) is 2.43. The van der Waals surface area contributed by atoms with Gasteiger partial charge in [0.2, 0.25) is 11.8 Å². The molecule has 2 heterocycles. The number of benzene rings is 2. The van der Waals surface area contributed by atoms with Gasteiger partial charge in [0.05, 0.1) is 11.1 Å². The molecule has 1 spiro atoms. The average Bonchev–Trinajstić information content (AvgIpc) is 2.88. The highest BCUT2D eigenvalue weighted by Crippen LogP contribution is 2.50. The second kappa shape index (κ2) is 11.2. The van der Waals surface area contributed by atoms with E-state index in [1.54, 1.807) is 36.8 Å². The molecule has 0 radical (unpaired) electrons. The third-order valence-corrected chi connectivity index (χ3v) is 8.20. The summed E-state index contributed by atoms with van der Waals surface area (Å²) in [6.45, 7) is 4.32. The second-order valence-electron chi connectivity index (χ2n) is 11.1. The zero-order valence-electron chi connectivity index (χ0n) is 22.5. The molecule has 3 amide bonds. The van der Waals surface area contributed by atoms with Crippen LogP contribution in [0.15, 0.2) is 42.5 Å². The lowest BCUT2D eigenvalue weighted by Gasteiger charge is -2.51. The zero-order chi connectivity index (χ0) is 29.4. The Kier molecular flexibility index (Phi) is 8.23. The summed E-state index contributed by atoms with van der Waals surface area (Å²) in [7, 11) is 1.71. The molecule has 11 heteroatoms. The van der Waals surface area contributed by atoms with E-state index in [2.05, 4.69) is 5.32 Å². The van der Waals surface area contributed by atoms with Crippen LogP contribution in [-0.4, -0.2) is 60.2 Å². The first-order valence-corrected chi connectivity index (χ1v) is 13.2. The second-order valence-corrected chi connectivity index (χ2v) is 11.1. The number of hydrogen-bond acceptors (Lipinski definition) is 3. The zero-order valence-corrected chi connectivity index (χ0v) is 22.5. The van der Waals surface area contributed by atoms with E-state index in [1.165, 1.54) is 12.1 Å². The van der Waals surface area contributed by atoms with Crippen molar-refractivity contribution in [2.45, 2.75) is 51.2 Å². The van der Waals surface area contributed by atoms with Gasteiger partial charge in [-0.3, -0.25) is 14.4 Å². The highest BCUT2D eigenvalue weighted by molar-refractivity contribution is 5.98. The topological polar surface area (TPSA) is 69.7 Å².